The number of nitro benzene ring substituents is 1. The van der Waals surface area contributed by atoms with E-state index in [2.05, 4.69) is 10.6 Å². The Morgan fingerprint density at radius 3 is 2.30 bits per heavy atom. The van der Waals surface area contributed by atoms with Gasteiger partial charge in [0.1, 0.15) is 0 Å². The van der Waals surface area contributed by atoms with Gasteiger partial charge < -0.3 is 15.4 Å². The van der Waals surface area contributed by atoms with E-state index in [9.17, 15) is 10.1 Å². The van der Waals surface area contributed by atoms with E-state index in [1.54, 1.807) is 0 Å². The largest absolute Gasteiger partial charge is 0.385 e. The van der Waals surface area contributed by atoms with Gasteiger partial charge in [0.2, 0.25) is 0 Å². The summed E-state index contributed by atoms with van der Waals surface area (Å²) in [6.07, 6.45) is 0. The molecule has 6 heteroatoms. The molecule has 0 amide bonds. The summed E-state index contributed by atoms with van der Waals surface area (Å²) in [4.78, 5) is 10.5. The van der Waals surface area contributed by atoms with Gasteiger partial charge in [-0.2, -0.15) is 0 Å². The first-order valence-corrected chi connectivity index (χ1v) is 6.79. The fourth-order valence-electron chi connectivity index (χ4n) is 1.88. The van der Waals surface area contributed by atoms with Crippen LogP contribution in [0.15, 0.2) is 18.2 Å². The summed E-state index contributed by atoms with van der Waals surface area (Å²) in [5.74, 6) is 0. The van der Waals surface area contributed by atoms with Crippen molar-refractivity contribution in [3.63, 3.8) is 0 Å². The van der Waals surface area contributed by atoms with E-state index in [1.165, 1.54) is 12.1 Å². The van der Waals surface area contributed by atoms with E-state index in [0.29, 0.717) is 25.4 Å². The Hall–Kier alpha value is -1.82. The smallest absolute Gasteiger partial charge is 0.273 e. The number of anilines is 2. The number of ether oxygens (including phenoxy) is 1. The van der Waals surface area contributed by atoms with Gasteiger partial charge in [0.25, 0.3) is 5.69 Å². The van der Waals surface area contributed by atoms with Crippen LogP contribution < -0.4 is 10.6 Å². The maximum absolute atomic E-state index is 10.9. The number of nitro groups is 1. The van der Waals surface area contributed by atoms with Crippen LogP contribution in [0.5, 0.6) is 0 Å². The molecule has 0 aliphatic heterocycles. The fourth-order valence-corrected chi connectivity index (χ4v) is 1.88. The monoisotopic (exact) mass is 281 g/mol. The normalized spacial score (nSPS) is 11.2. The summed E-state index contributed by atoms with van der Waals surface area (Å²) in [6.45, 7) is 9.77. The van der Waals surface area contributed by atoms with Crippen molar-refractivity contribution in [1.29, 1.82) is 0 Å². The number of nitrogens with zero attached hydrogens (tertiary/aromatic N) is 1. The van der Waals surface area contributed by atoms with Crippen molar-refractivity contribution in [3.05, 3.63) is 28.3 Å². The number of rotatable bonds is 8. The summed E-state index contributed by atoms with van der Waals surface area (Å²) in [6, 6.07) is 4.92. The quantitative estimate of drug-likeness (QED) is 0.565. The Kier molecular flexibility index (Phi) is 5.76. The van der Waals surface area contributed by atoms with Crippen molar-refractivity contribution >= 4 is 17.1 Å². The third-order valence-corrected chi connectivity index (χ3v) is 2.76. The molecule has 0 saturated heterocycles. The molecule has 0 heterocycles. The molecule has 0 bridgehead atoms. The van der Waals surface area contributed by atoms with Crippen LogP contribution in [-0.2, 0) is 4.74 Å². The zero-order chi connectivity index (χ0) is 15.2. The van der Waals surface area contributed by atoms with Crippen molar-refractivity contribution in [2.75, 3.05) is 30.3 Å². The van der Waals surface area contributed by atoms with E-state index in [4.69, 9.17) is 4.74 Å². The fraction of sp³-hybridized carbons (Fsp3) is 0.571. The standard InChI is InChI=1S/C14H23N3O3/c1-5-15-11-7-12(9-13(8-11)17(18)19)16-10-14(3,4)20-6-2/h7-9,15-16H,5-6,10H2,1-4H3. The molecule has 1 rings (SSSR count). The molecule has 1 aromatic carbocycles. The summed E-state index contributed by atoms with van der Waals surface area (Å²) in [7, 11) is 0. The molecule has 0 aliphatic rings. The van der Waals surface area contributed by atoms with Gasteiger partial charge in [-0.25, -0.2) is 0 Å². The minimum absolute atomic E-state index is 0.0696. The predicted molar refractivity (Wildman–Crippen MR) is 81.5 cm³/mol. The minimum Gasteiger partial charge on any atom is -0.385 e. The second-order valence-corrected chi connectivity index (χ2v) is 5.10. The van der Waals surface area contributed by atoms with Gasteiger partial charge >= 0.3 is 0 Å². The van der Waals surface area contributed by atoms with Gasteiger partial charge in [-0.15, -0.1) is 0 Å². The lowest BCUT2D eigenvalue weighted by atomic mass is 10.1. The Morgan fingerprint density at radius 2 is 1.80 bits per heavy atom. The van der Waals surface area contributed by atoms with Gasteiger partial charge in [-0.1, -0.05) is 0 Å². The van der Waals surface area contributed by atoms with E-state index < -0.39 is 0 Å². The second-order valence-electron chi connectivity index (χ2n) is 5.10. The van der Waals surface area contributed by atoms with Gasteiger partial charge in [-0.3, -0.25) is 10.1 Å². The third kappa shape index (κ3) is 5.05. The van der Waals surface area contributed by atoms with Gasteiger partial charge in [0.05, 0.1) is 10.5 Å². The average Bonchev–Trinajstić information content (AvgIpc) is 2.36. The molecule has 20 heavy (non-hydrogen) atoms. The van der Waals surface area contributed by atoms with Crippen LogP contribution in [0.1, 0.15) is 27.7 Å². The third-order valence-electron chi connectivity index (χ3n) is 2.76. The number of nitrogens with one attached hydrogen (secondary N) is 2. The number of non-ortho nitro benzene ring substituents is 1. The minimum atomic E-state index is -0.389. The van der Waals surface area contributed by atoms with Crippen molar-refractivity contribution < 1.29 is 9.66 Å². The lowest BCUT2D eigenvalue weighted by Gasteiger charge is -2.25. The highest BCUT2D eigenvalue weighted by Gasteiger charge is 2.18. The van der Waals surface area contributed by atoms with Gasteiger partial charge in [-0.05, 0) is 33.8 Å². The van der Waals surface area contributed by atoms with E-state index >= 15 is 0 Å². The maximum atomic E-state index is 10.9. The van der Waals surface area contributed by atoms with Crippen LogP contribution in [0, 0.1) is 10.1 Å². The molecule has 0 radical (unpaired) electrons. The molecule has 1 aromatic rings. The predicted octanol–water partition coefficient (Wildman–Crippen LogP) is 3.25. The van der Waals surface area contributed by atoms with Crippen LogP contribution >= 0.6 is 0 Å². The number of hydrogen-bond acceptors (Lipinski definition) is 5. The maximum Gasteiger partial charge on any atom is 0.273 e. The topological polar surface area (TPSA) is 76.4 Å². The molecular weight excluding hydrogens is 258 g/mol. The lowest BCUT2D eigenvalue weighted by Crippen LogP contribution is -2.33. The second kappa shape index (κ2) is 7.09. The zero-order valence-corrected chi connectivity index (χ0v) is 12.5. The number of hydrogen-bond donors (Lipinski definition) is 2. The van der Waals surface area contributed by atoms with Crippen LogP contribution in [0.3, 0.4) is 0 Å². The van der Waals surface area contributed by atoms with Crippen molar-refractivity contribution in [2.24, 2.45) is 0 Å². The highest BCUT2D eigenvalue weighted by atomic mass is 16.6. The van der Waals surface area contributed by atoms with Crippen molar-refractivity contribution in [1.82, 2.24) is 0 Å². The molecular formula is C14H23N3O3. The summed E-state index contributed by atoms with van der Waals surface area (Å²) in [5.41, 5.74) is 1.19. The summed E-state index contributed by atoms with van der Waals surface area (Å²) in [5, 5.41) is 17.2. The molecule has 0 spiro atoms. The lowest BCUT2D eigenvalue weighted by molar-refractivity contribution is -0.384. The molecule has 0 aromatic heterocycles. The molecule has 0 saturated carbocycles. The Labute approximate surface area is 119 Å². The summed E-state index contributed by atoms with van der Waals surface area (Å²) >= 11 is 0. The molecule has 0 atom stereocenters. The highest BCUT2D eigenvalue weighted by Crippen LogP contribution is 2.25. The first-order chi connectivity index (χ1) is 9.38. The Balaban J connectivity index is 2.85. The molecule has 2 N–H and O–H groups in total. The molecule has 112 valence electrons. The van der Waals surface area contributed by atoms with Crippen molar-refractivity contribution in [3.8, 4) is 0 Å². The van der Waals surface area contributed by atoms with Crippen molar-refractivity contribution in [2.45, 2.75) is 33.3 Å². The van der Waals surface area contributed by atoms with Crippen LogP contribution in [-0.4, -0.2) is 30.2 Å². The molecule has 0 aliphatic carbocycles. The Bertz CT molecular complexity index is 461. The first kappa shape index (κ1) is 16.2. The summed E-state index contributed by atoms with van der Waals surface area (Å²) < 4.78 is 5.59. The van der Waals surface area contributed by atoms with E-state index in [1.807, 2.05) is 33.8 Å². The number of benzene rings is 1. The average molecular weight is 281 g/mol. The Morgan fingerprint density at radius 1 is 1.20 bits per heavy atom. The van der Waals surface area contributed by atoms with E-state index in [-0.39, 0.29) is 16.2 Å². The first-order valence-electron chi connectivity index (χ1n) is 6.79. The SMILES string of the molecule is CCNc1cc(NCC(C)(C)OCC)cc([N+](=O)[O-])c1. The molecule has 0 fully saturated rings. The van der Waals surface area contributed by atoms with Crippen LogP contribution in [0.25, 0.3) is 0 Å². The van der Waals surface area contributed by atoms with E-state index in [0.717, 1.165) is 5.69 Å². The highest BCUT2D eigenvalue weighted by molar-refractivity contribution is 5.63. The molecule has 0 unspecified atom stereocenters. The zero-order valence-electron chi connectivity index (χ0n) is 12.5. The molecule has 6 nitrogen and oxygen atoms in total. The van der Waals surface area contributed by atoms with Crippen LogP contribution in [0.2, 0.25) is 0 Å². The van der Waals surface area contributed by atoms with Gasteiger partial charge in [0, 0.05) is 43.2 Å². The van der Waals surface area contributed by atoms with Gasteiger partial charge in [0.15, 0.2) is 0 Å². The van der Waals surface area contributed by atoms with Crippen LogP contribution in [0.4, 0.5) is 17.1 Å².